The first-order valence-electron chi connectivity index (χ1n) is 8.75. The van der Waals surface area contributed by atoms with Crippen LogP contribution in [0.5, 0.6) is 0 Å². The van der Waals surface area contributed by atoms with Crippen LogP contribution < -0.4 is 10.2 Å². The van der Waals surface area contributed by atoms with Crippen LogP contribution in [0.2, 0.25) is 5.28 Å². The summed E-state index contributed by atoms with van der Waals surface area (Å²) in [6.07, 6.45) is 3.98. The molecule has 3 heterocycles. The Morgan fingerprint density at radius 2 is 1.63 bits per heavy atom. The Morgan fingerprint density at radius 1 is 0.926 bits per heavy atom. The molecule has 0 unspecified atom stereocenters. The van der Waals surface area contributed by atoms with Gasteiger partial charge in [0.1, 0.15) is 17.5 Å². The number of nitrogens with one attached hydrogen (secondary N) is 1. The summed E-state index contributed by atoms with van der Waals surface area (Å²) in [5.74, 6) is 1.99. The van der Waals surface area contributed by atoms with Crippen molar-refractivity contribution in [2.24, 2.45) is 0 Å². The quantitative estimate of drug-likeness (QED) is 0.679. The molecule has 1 N–H and O–H groups in total. The average molecular weight is 383 g/mol. The van der Waals surface area contributed by atoms with E-state index in [0.29, 0.717) is 18.1 Å². The van der Waals surface area contributed by atoms with Gasteiger partial charge in [-0.1, -0.05) is 12.1 Å². The molecule has 7 nitrogen and oxygen atoms in total. The van der Waals surface area contributed by atoms with Gasteiger partial charge in [-0.2, -0.15) is 0 Å². The third kappa shape index (κ3) is 4.69. The van der Waals surface area contributed by atoms with Crippen molar-refractivity contribution in [2.45, 2.75) is 6.42 Å². The molecule has 3 aromatic rings. The van der Waals surface area contributed by atoms with Crippen LogP contribution >= 0.6 is 11.6 Å². The van der Waals surface area contributed by atoms with Gasteiger partial charge in [-0.05, 0) is 41.4 Å². The molecule has 0 saturated carbocycles. The smallest absolute Gasteiger partial charge is 0.224 e. The van der Waals surface area contributed by atoms with Gasteiger partial charge in [-0.15, -0.1) is 0 Å². The highest BCUT2D eigenvalue weighted by Crippen LogP contribution is 2.18. The highest BCUT2D eigenvalue weighted by molar-refractivity contribution is 6.28. The predicted octanol–water partition coefficient (Wildman–Crippen LogP) is 3.09. The van der Waals surface area contributed by atoms with Crippen molar-refractivity contribution < 1.29 is 4.74 Å². The Hall–Kier alpha value is -2.77. The molecular weight excluding hydrogens is 364 g/mol. The van der Waals surface area contributed by atoms with E-state index in [-0.39, 0.29) is 5.28 Å². The number of hydrogen-bond acceptors (Lipinski definition) is 7. The molecule has 27 heavy (non-hydrogen) atoms. The molecule has 4 rings (SSSR count). The van der Waals surface area contributed by atoms with E-state index in [1.54, 1.807) is 24.5 Å². The molecule has 1 aliphatic heterocycles. The molecule has 0 radical (unpaired) electrons. The summed E-state index contributed by atoms with van der Waals surface area (Å²) in [5.41, 5.74) is 2.38. The first-order valence-corrected chi connectivity index (χ1v) is 9.13. The molecule has 8 heteroatoms. The molecule has 1 fully saturated rings. The highest BCUT2D eigenvalue weighted by atomic mass is 35.5. The standard InChI is InChI=1S/C19H19ClN6O/c20-19-22-8-6-17(25-19)23-16-5-7-21-18(24-16)13-14-1-3-15(4-2-14)26-9-11-27-12-10-26/h1-8H,9-13H2,(H,21,22,23,24,25). The summed E-state index contributed by atoms with van der Waals surface area (Å²) in [6.45, 7) is 3.44. The molecule has 1 saturated heterocycles. The summed E-state index contributed by atoms with van der Waals surface area (Å²) < 4.78 is 5.40. The van der Waals surface area contributed by atoms with Gasteiger partial charge >= 0.3 is 0 Å². The van der Waals surface area contributed by atoms with Gasteiger partial charge in [-0.25, -0.2) is 19.9 Å². The highest BCUT2D eigenvalue weighted by Gasteiger charge is 2.11. The molecule has 0 spiro atoms. The van der Waals surface area contributed by atoms with Gasteiger partial charge in [0.25, 0.3) is 0 Å². The van der Waals surface area contributed by atoms with Crippen LogP contribution in [-0.2, 0) is 11.2 Å². The number of morpholine rings is 1. The molecule has 0 bridgehead atoms. The molecule has 1 aromatic carbocycles. The number of aromatic nitrogens is 4. The van der Waals surface area contributed by atoms with Crippen LogP contribution in [0.25, 0.3) is 0 Å². The Balaban J connectivity index is 1.43. The van der Waals surface area contributed by atoms with E-state index in [4.69, 9.17) is 16.3 Å². The molecule has 0 amide bonds. The van der Waals surface area contributed by atoms with Crippen molar-refractivity contribution in [3.8, 4) is 0 Å². The van der Waals surface area contributed by atoms with Gasteiger partial charge in [0.15, 0.2) is 0 Å². The lowest BCUT2D eigenvalue weighted by Crippen LogP contribution is -2.36. The second-order valence-electron chi connectivity index (χ2n) is 6.14. The molecular formula is C19H19ClN6O. The second-order valence-corrected chi connectivity index (χ2v) is 6.47. The molecule has 0 aliphatic carbocycles. The number of rotatable bonds is 5. The SMILES string of the molecule is Clc1nccc(Nc2ccnc(Cc3ccc(N4CCOCC4)cc3)n2)n1. The van der Waals surface area contributed by atoms with E-state index in [9.17, 15) is 0 Å². The largest absolute Gasteiger partial charge is 0.378 e. The Bertz CT molecular complexity index is 899. The van der Waals surface area contributed by atoms with E-state index in [1.807, 2.05) is 0 Å². The summed E-state index contributed by atoms with van der Waals surface area (Å²) in [7, 11) is 0. The minimum absolute atomic E-state index is 0.189. The van der Waals surface area contributed by atoms with E-state index in [2.05, 4.69) is 54.4 Å². The lowest BCUT2D eigenvalue weighted by molar-refractivity contribution is 0.122. The Labute approximate surface area is 162 Å². The van der Waals surface area contributed by atoms with Crippen LogP contribution in [0.1, 0.15) is 11.4 Å². The van der Waals surface area contributed by atoms with E-state index >= 15 is 0 Å². The Kier molecular flexibility index (Phi) is 5.41. The van der Waals surface area contributed by atoms with Gasteiger partial charge in [0, 0.05) is 37.6 Å². The first kappa shape index (κ1) is 17.6. The summed E-state index contributed by atoms with van der Waals surface area (Å²) in [6, 6.07) is 12.1. The fourth-order valence-electron chi connectivity index (χ4n) is 2.92. The van der Waals surface area contributed by atoms with E-state index in [0.717, 1.165) is 37.7 Å². The van der Waals surface area contributed by atoms with Crippen molar-refractivity contribution in [3.05, 3.63) is 65.5 Å². The van der Waals surface area contributed by atoms with Crippen LogP contribution in [-0.4, -0.2) is 46.2 Å². The molecule has 1 aliphatic rings. The third-order valence-electron chi connectivity index (χ3n) is 4.26. The van der Waals surface area contributed by atoms with Crippen molar-refractivity contribution in [1.82, 2.24) is 19.9 Å². The maximum Gasteiger partial charge on any atom is 0.224 e. The molecule has 0 atom stereocenters. The number of halogens is 1. The third-order valence-corrected chi connectivity index (χ3v) is 4.44. The number of benzene rings is 1. The monoisotopic (exact) mass is 382 g/mol. The van der Waals surface area contributed by atoms with Crippen LogP contribution in [0.15, 0.2) is 48.8 Å². The van der Waals surface area contributed by atoms with Gasteiger partial charge in [0.2, 0.25) is 5.28 Å². The maximum atomic E-state index is 5.81. The summed E-state index contributed by atoms with van der Waals surface area (Å²) in [5, 5.41) is 3.31. The van der Waals surface area contributed by atoms with Gasteiger partial charge in [-0.3, -0.25) is 0 Å². The van der Waals surface area contributed by atoms with Crippen molar-refractivity contribution in [2.75, 3.05) is 36.5 Å². The minimum Gasteiger partial charge on any atom is -0.378 e. The maximum absolute atomic E-state index is 5.81. The lowest BCUT2D eigenvalue weighted by Gasteiger charge is -2.28. The fraction of sp³-hybridized carbons (Fsp3) is 0.263. The number of anilines is 3. The summed E-state index contributed by atoms with van der Waals surface area (Å²) >= 11 is 5.81. The molecule has 2 aromatic heterocycles. The Morgan fingerprint density at radius 3 is 2.37 bits per heavy atom. The van der Waals surface area contributed by atoms with Gasteiger partial charge < -0.3 is 15.0 Å². The topological polar surface area (TPSA) is 76.1 Å². The number of nitrogens with zero attached hydrogens (tertiary/aromatic N) is 5. The number of ether oxygens (including phenoxy) is 1. The predicted molar refractivity (Wildman–Crippen MR) is 105 cm³/mol. The van der Waals surface area contributed by atoms with Crippen molar-refractivity contribution >= 4 is 28.9 Å². The minimum atomic E-state index is 0.189. The van der Waals surface area contributed by atoms with Crippen LogP contribution in [0.3, 0.4) is 0 Å². The average Bonchev–Trinajstić information content (AvgIpc) is 2.70. The van der Waals surface area contributed by atoms with E-state index < -0.39 is 0 Å². The second kappa shape index (κ2) is 8.28. The van der Waals surface area contributed by atoms with E-state index in [1.165, 1.54) is 5.69 Å². The van der Waals surface area contributed by atoms with Crippen molar-refractivity contribution in [1.29, 1.82) is 0 Å². The molecule has 138 valence electrons. The fourth-order valence-corrected chi connectivity index (χ4v) is 3.07. The van der Waals surface area contributed by atoms with Crippen LogP contribution in [0, 0.1) is 0 Å². The van der Waals surface area contributed by atoms with Crippen molar-refractivity contribution in [3.63, 3.8) is 0 Å². The zero-order chi connectivity index (χ0) is 18.5. The number of hydrogen-bond donors (Lipinski definition) is 1. The lowest BCUT2D eigenvalue weighted by atomic mass is 10.1. The normalized spacial score (nSPS) is 14.2. The van der Waals surface area contributed by atoms with Gasteiger partial charge in [0.05, 0.1) is 13.2 Å². The summed E-state index contributed by atoms with van der Waals surface area (Å²) in [4.78, 5) is 19.2. The first-order chi connectivity index (χ1) is 13.3. The van der Waals surface area contributed by atoms with Crippen LogP contribution in [0.4, 0.5) is 17.3 Å². The zero-order valence-corrected chi connectivity index (χ0v) is 15.4. The zero-order valence-electron chi connectivity index (χ0n) is 14.7.